The van der Waals surface area contributed by atoms with Crippen molar-refractivity contribution in [3.8, 4) is 11.4 Å². The fourth-order valence-electron chi connectivity index (χ4n) is 3.34. The zero-order valence-electron chi connectivity index (χ0n) is 16.1. The summed E-state index contributed by atoms with van der Waals surface area (Å²) in [6.45, 7) is 2.26. The number of anilines is 1. The molecule has 9 nitrogen and oxygen atoms in total. The lowest BCUT2D eigenvalue weighted by Gasteiger charge is -2.10. The third-order valence-electron chi connectivity index (χ3n) is 4.73. The van der Waals surface area contributed by atoms with Gasteiger partial charge in [0.1, 0.15) is 0 Å². The van der Waals surface area contributed by atoms with E-state index in [0.717, 1.165) is 16.6 Å². The molecule has 0 atom stereocenters. The maximum Gasteiger partial charge on any atom is 0.273 e. The van der Waals surface area contributed by atoms with Gasteiger partial charge in [-0.25, -0.2) is 4.98 Å². The van der Waals surface area contributed by atoms with Gasteiger partial charge in [0.15, 0.2) is 17.3 Å². The molecule has 0 radical (unpaired) electrons. The topological polar surface area (TPSA) is 153 Å². The van der Waals surface area contributed by atoms with Crippen LogP contribution in [0.2, 0.25) is 0 Å². The van der Waals surface area contributed by atoms with Gasteiger partial charge in [0.05, 0.1) is 11.1 Å². The van der Waals surface area contributed by atoms with Crippen LogP contribution in [0.5, 0.6) is 0 Å². The Morgan fingerprint density at radius 2 is 1.77 bits per heavy atom. The number of aromatic nitrogens is 4. The quantitative estimate of drug-likeness (QED) is 0.388. The molecule has 2 heterocycles. The number of hydrogen-bond acceptors (Lipinski definition) is 6. The van der Waals surface area contributed by atoms with E-state index in [9.17, 15) is 9.59 Å². The number of para-hydroxylation sites is 1. The second-order valence-corrected chi connectivity index (χ2v) is 6.75. The predicted molar refractivity (Wildman–Crippen MR) is 113 cm³/mol. The summed E-state index contributed by atoms with van der Waals surface area (Å²) in [6.07, 6.45) is 0. The minimum absolute atomic E-state index is 0.0509. The summed E-state index contributed by atoms with van der Waals surface area (Å²) in [5.74, 6) is -0.748. The lowest BCUT2D eigenvalue weighted by atomic mass is 10.1. The van der Waals surface area contributed by atoms with Crippen LogP contribution in [-0.2, 0) is 6.54 Å². The highest BCUT2D eigenvalue weighted by Crippen LogP contribution is 2.32. The minimum Gasteiger partial charge on any atom is -0.366 e. The highest BCUT2D eigenvalue weighted by Gasteiger charge is 2.20. The molecular formula is C21H19N7O2. The number of H-pyrrole nitrogens is 1. The molecule has 0 bridgehead atoms. The third-order valence-corrected chi connectivity index (χ3v) is 4.73. The monoisotopic (exact) mass is 401 g/mol. The maximum absolute atomic E-state index is 11.8. The van der Waals surface area contributed by atoms with Crippen LogP contribution in [0.3, 0.4) is 0 Å². The highest BCUT2D eigenvalue weighted by molar-refractivity contribution is 6.09. The molecule has 0 spiro atoms. The second-order valence-electron chi connectivity index (χ2n) is 6.75. The highest BCUT2D eigenvalue weighted by atomic mass is 16.1. The van der Waals surface area contributed by atoms with Gasteiger partial charge in [-0.1, -0.05) is 42.5 Å². The molecular weight excluding hydrogens is 382 g/mol. The number of amides is 2. The van der Waals surface area contributed by atoms with Crippen molar-refractivity contribution in [2.45, 2.75) is 13.5 Å². The molecule has 6 N–H and O–H groups in total. The van der Waals surface area contributed by atoms with Gasteiger partial charge in [0.2, 0.25) is 0 Å². The first-order valence-corrected chi connectivity index (χ1v) is 9.19. The molecule has 0 fully saturated rings. The van der Waals surface area contributed by atoms with Gasteiger partial charge in [-0.15, -0.1) is 10.2 Å². The SMILES string of the molecule is Cc1[nH]c2c(C(N)=O)cccc2c1-c1nnc(C(N)=O)c(NCc2ccccc2)n1. The second kappa shape index (κ2) is 7.63. The fraction of sp³-hybridized carbons (Fsp3) is 0.0952. The Bertz CT molecular complexity index is 1270. The van der Waals surface area contributed by atoms with E-state index in [4.69, 9.17) is 11.5 Å². The number of aryl methyl sites for hydroxylation is 1. The smallest absolute Gasteiger partial charge is 0.273 e. The van der Waals surface area contributed by atoms with Crippen molar-refractivity contribution in [1.29, 1.82) is 0 Å². The lowest BCUT2D eigenvalue weighted by molar-refractivity contribution is 0.0989. The van der Waals surface area contributed by atoms with E-state index in [1.54, 1.807) is 12.1 Å². The molecule has 9 heteroatoms. The molecule has 150 valence electrons. The van der Waals surface area contributed by atoms with Crippen molar-refractivity contribution in [2.24, 2.45) is 11.5 Å². The molecule has 2 aromatic heterocycles. The Labute approximate surface area is 171 Å². The Morgan fingerprint density at radius 1 is 1.00 bits per heavy atom. The third kappa shape index (κ3) is 3.44. The first-order chi connectivity index (χ1) is 14.5. The summed E-state index contributed by atoms with van der Waals surface area (Å²) in [5, 5.41) is 11.9. The number of rotatable bonds is 6. The molecule has 2 aromatic carbocycles. The van der Waals surface area contributed by atoms with Crippen molar-refractivity contribution in [3.05, 3.63) is 71.0 Å². The normalized spacial score (nSPS) is 10.8. The predicted octanol–water partition coefficient (Wildman–Crippen LogP) is 2.14. The van der Waals surface area contributed by atoms with E-state index in [0.29, 0.717) is 29.0 Å². The molecule has 30 heavy (non-hydrogen) atoms. The van der Waals surface area contributed by atoms with Crippen LogP contribution < -0.4 is 16.8 Å². The molecule has 0 aliphatic carbocycles. The summed E-state index contributed by atoms with van der Waals surface area (Å²) < 4.78 is 0. The van der Waals surface area contributed by atoms with Gasteiger partial charge >= 0.3 is 0 Å². The molecule has 0 aliphatic heterocycles. The zero-order chi connectivity index (χ0) is 21.3. The van der Waals surface area contributed by atoms with Crippen molar-refractivity contribution in [2.75, 3.05) is 5.32 Å². The largest absolute Gasteiger partial charge is 0.366 e. The molecule has 0 saturated carbocycles. The fourth-order valence-corrected chi connectivity index (χ4v) is 3.34. The molecule has 4 rings (SSSR count). The van der Waals surface area contributed by atoms with E-state index in [-0.39, 0.29) is 11.5 Å². The van der Waals surface area contributed by atoms with Gasteiger partial charge in [0, 0.05) is 23.2 Å². The van der Waals surface area contributed by atoms with Crippen molar-refractivity contribution in [3.63, 3.8) is 0 Å². The Balaban J connectivity index is 1.80. The van der Waals surface area contributed by atoms with Gasteiger partial charge in [-0.05, 0) is 18.6 Å². The van der Waals surface area contributed by atoms with Gasteiger partial charge in [-0.2, -0.15) is 0 Å². The Hall–Kier alpha value is -4.27. The first-order valence-electron chi connectivity index (χ1n) is 9.19. The van der Waals surface area contributed by atoms with Crippen LogP contribution in [-0.4, -0.2) is 32.0 Å². The molecule has 2 amide bonds. The molecule has 0 aliphatic rings. The van der Waals surface area contributed by atoms with Crippen LogP contribution in [0.1, 0.15) is 32.1 Å². The van der Waals surface area contributed by atoms with E-state index < -0.39 is 11.8 Å². The number of hydrogen-bond donors (Lipinski definition) is 4. The van der Waals surface area contributed by atoms with E-state index in [2.05, 4.69) is 25.5 Å². The van der Waals surface area contributed by atoms with Crippen LogP contribution in [0, 0.1) is 6.92 Å². The first kappa shape index (κ1) is 19.1. The van der Waals surface area contributed by atoms with E-state index in [1.807, 2.05) is 43.3 Å². The molecule has 4 aromatic rings. The van der Waals surface area contributed by atoms with Crippen LogP contribution in [0.15, 0.2) is 48.5 Å². The minimum atomic E-state index is -0.733. The average molecular weight is 401 g/mol. The summed E-state index contributed by atoms with van der Waals surface area (Å²) in [5.41, 5.74) is 14.3. The lowest BCUT2D eigenvalue weighted by Crippen LogP contribution is -2.19. The average Bonchev–Trinajstić information content (AvgIpc) is 3.08. The van der Waals surface area contributed by atoms with Crippen LogP contribution in [0.4, 0.5) is 5.82 Å². The maximum atomic E-state index is 11.8. The van der Waals surface area contributed by atoms with E-state index in [1.165, 1.54) is 0 Å². The summed E-state index contributed by atoms with van der Waals surface area (Å²) in [4.78, 5) is 31.3. The number of primary amides is 2. The number of nitrogens with one attached hydrogen (secondary N) is 2. The number of nitrogens with two attached hydrogens (primary N) is 2. The van der Waals surface area contributed by atoms with Gasteiger partial charge < -0.3 is 21.8 Å². The van der Waals surface area contributed by atoms with E-state index >= 15 is 0 Å². The Morgan fingerprint density at radius 3 is 2.47 bits per heavy atom. The number of carbonyl (C=O) groups excluding carboxylic acids is 2. The number of nitrogens with zero attached hydrogens (tertiary/aromatic N) is 3. The van der Waals surface area contributed by atoms with Gasteiger partial charge in [0.25, 0.3) is 11.8 Å². The molecule has 0 unspecified atom stereocenters. The summed E-state index contributed by atoms with van der Waals surface area (Å²) >= 11 is 0. The van der Waals surface area contributed by atoms with Crippen molar-refractivity contribution >= 4 is 28.5 Å². The number of benzene rings is 2. The standard InChI is InChI=1S/C21H19N7O2/c1-11-15(13-8-5-9-14(18(22)29)16(13)25-11)20-26-21(17(19(23)30)27-28-20)24-10-12-6-3-2-4-7-12/h2-9,25H,10H2,1H3,(H2,22,29)(H2,23,30)(H,24,26,28). The Kier molecular flexibility index (Phi) is 4.85. The van der Waals surface area contributed by atoms with Crippen molar-refractivity contribution < 1.29 is 9.59 Å². The molecule has 0 saturated heterocycles. The van der Waals surface area contributed by atoms with Crippen LogP contribution in [0.25, 0.3) is 22.3 Å². The summed E-state index contributed by atoms with van der Waals surface area (Å²) in [7, 11) is 0. The summed E-state index contributed by atoms with van der Waals surface area (Å²) in [6, 6.07) is 14.9. The van der Waals surface area contributed by atoms with Crippen LogP contribution >= 0.6 is 0 Å². The number of carbonyl (C=O) groups is 2. The zero-order valence-corrected chi connectivity index (χ0v) is 16.1. The number of aromatic amines is 1. The van der Waals surface area contributed by atoms with Crippen molar-refractivity contribution in [1.82, 2.24) is 20.2 Å². The van der Waals surface area contributed by atoms with Gasteiger partial charge in [-0.3, -0.25) is 9.59 Å². The number of fused-ring (bicyclic) bond motifs is 1.